The Morgan fingerprint density at radius 1 is 0.478 bits per heavy atom. The SMILES string of the molecule is CC(C)(C)c1ccc(N2B3c4cc(C(C)(C)C)ccc4N(c4ccc(C(C)(C)C)cc4)c4c3c(cc3c4oc4ccccc43)-c3cc4c(cc32)C(C)(C)c2cc3c(cc2-4)C(C)(C)CCC3(C)C)cc1. The maximum Gasteiger partial charge on any atom is 0.333 e. The third-order valence-electron chi connectivity index (χ3n) is 17.2. The van der Waals surface area contributed by atoms with Crippen molar-refractivity contribution >= 4 is 68.1 Å². The standard InChI is InChI=1S/C65H69BN2O/c1-60(2,3)38-20-25-41(26-21-38)67-54-29-24-40(62(7,8)9)32-53(54)66-57-47(34-48-43-18-16-17-19-56(43)69-59(48)58(57)67)46-33-44-45-35-51-52(64(12,13)31-30-63(51,10)11)36-49(45)65(14,15)50(44)37-55(46)68(66)42-27-22-39(23-28-42)61(4,5)6/h16-29,32-37H,30-31H2,1-15H3. The largest absolute Gasteiger partial charge is 0.454 e. The van der Waals surface area contributed by atoms with Crippen LogP contribution in [0.25, 0.3) is 44.2 Å². The first kappa shape index (κ1) is 44.2. The molecule has 2 aliphatic carbocycles. The molecule has 0 radical (unpaired) electrons. The zero-order valence-corrected chi connectivity index (χ0v) is 43.8. The molecular formula is C65H69BN2O. The second-order valence-corrected chi connectivity index (χ2v) is 26.1. The number of hydrogen-bond donors (Lipinski definition) is 0. The summed E-state index contributed by atoms with van der Waals surface area (Å²) in [5.74, 6) is 0. The quantitative estimate of drug-likeness (QED) is 0.161. The van der Waals surface area contributed by atoms with E-state index in [1.54, 1.807) is 0 Å². The fraction of sp³-hybridized carbons (Fsp3) is 0.354. The van der Waals surface area contributed by atoms with E-state index in [9.17, 15) is 0 Å². The number of para-hydroxylation sites is 1. The molecule has 2 aliphatic heterocycles. The molecule has 0 N–H and O–H groups in total. The van der Waals surface area contributed by atoms with E-state index in [2.05, 4.69) is 235 Å². The van der Waals surface area contributed by atoms with Gasteiger partial charge in [0.25, 0.3) is 0 Å². The van der Waals surface area contributed by atoms with Crippen LogP contribution in [-0.2, 0) is 32.5 Å². The lowest BCUT2D eigenvalue weighted by Crippen LogP contribution is -2.61. The molecular weight excluding hydrogens is 836 g/mol. The number of hydrogen-bond acceptors (Lipinski definition) is 3. The summed E-state index contributed by atoms with van der Waals surface area (Å²) in [4.78, 5) is 5.26. The fourth-order valence-electron chi connectivity index (χ4n) is 12.7. The molecule has 7 aromatic carbocycles. The molecule has 0 amide bonds. The molecule has 1 aromatic heterocycles. The first-order valence-electron chi connectivity index (χ1n) is 25.7. The molecule has 3 heterocycles. The van der Waals surface area contributed by atoms with Gasteiger partial charge >= 0.3 is 6.85 Å². The molecule has 3 nitrogen and oxygen atoms in total. The van der Waals surface area contributed by atoms with Crippen LogP contribution >= 0.6 is 0 Å². The van der Waals surface area contributed by atoms with Crippen molar-refractivity contribution in [3.05, 3.63) is 160 Å². The lowest BCUT2D eigenvalue weighted by atomic mass is 9.43. The topological polar surface area (TPSA) is 19.6 Å². The molecule has 0 saturated carbocycles. The summed E-state index contributed by atoms with van der Waals surface area (Å²) >= 11 is 0. The highest BCUT2D eigenvalue weighted by Gasteiger charge is 2.49. The second kappa shape index (κ2) is 14.1. The van der Waals surface area contributed by atoms with Gasteiger partial charge in [0.15, 0.2) is 5.58 Å². The van der Waals surface area contributed by atoms with E-state index in [-0.39, 0.29) is 39.3 Å². The molecule has 0 unspecified atom stereocenters. The number of furan rings is 1. The summed E-state index contributed by atoms with van der Waals surface area (Å²) in [6.07, 6.45) is 2.39. The van der Waals surface area contributed by atoms with Crippen LogP contribution in [0, 0.1) is 0 Å². The minimum Gasteiger partial charge on any atom is -0.454 e. The normalized spacial score (nSPS) is 17.3. The van der Waals surface area contributed by atoms with Crippen LogP contribution in [0.4, 0.5) is 28.4 Å². The number of rotatable bonds is 2. The number of benzene rings is 7. The van der Waals surface area contributed by atoms with Gasteiger partial charge in [-0.25, -0.2) is 0 Å². The summed E-state index contributed by atoms with van der Waals surface area (Å²) in [5, 5.41) is 2.29. The van der Waals surface area contributed by atoms with Crippen molar-refractivity contribution in [3.8, 4) is 22.3 Å². The third-order valence-corrected chi connectivity index (χ3v) is 17.2. The summed E-state index contributed by atoms with van der Waals surface area (Å²) in [5.41, 5.74) is 25.5. The minimum atomic E-state index is -0.204. The number of anilines is 5. The van der Waals surface area contributed by atoms with Crippen molar-refractivity contribution in [1.29, 1.82) is 0 Å². The Balaban J connectivity index is 1.23. The average molecular weight is 905 g/mol. The molecule has 0 atom stereocenters. The molecule has 0 spiro atoms. The molecule has 4 aliphatic rings. The molecule has 8 aromatic rings. The van der Waals surface area contributed by atoms with Crippen molar-refractivity contribution in [2.45, 2.75) is 149 Å². The van der Waals surface area contributed by atoms with Gasteiger partial charge in [0.2, 0.25) is 0 Å². The molecule has 0 saturated heterocycles. The van der Waals surface area contributed by atoms with Gasteiger partial charge in [-0.1, -0.05) is 165 Å². The van der Waals surface area contributed by atoms with E-state index in [0.717, 1.165) is 33.3 Å². The van der Waals surface area contributed by atoms with Crippen LogP contribution in [0.1, 0.15) is 156 Å². The zero-order valence-electron chi connectivity index (χ0n) is 43.8. The first-order chi connectivity index (χ1) is 32.3. The van der Waals surface area contributed by atoms with Crippen LogP contribution in [-0.4, -0.2) is 6.85 Å². The van der Waals surface area contributed by atoms with Gasteiger partial charge < -0.3 is 14.1 Å². The Bertz CT molecular complexity index is 3470. The fourth-order valence-corrected chi connectivity index (χ4v) is 12.7. The Kier molecular flexibility index (Phi) is 9.03. The van der Waals surface area contributed by atoms with Gasteiger partial charge in [-0.3, -0.25) is 0 Å². The molecule has 4 heteroatoms. The zero-order chi connectivity index (χ0) is 48.7. The Morgan fingerprint density at radius 3 is 1.65 bits per heavy atom. The third kappa shape index (κ3) is 6.38. The smallest absolute Gasteiger partial charge is 0.333 e. The van der Waals surface area contributed by atoms with Gasteiger partial charge in [-0.15, -0.1) is 0 Å². The first-order valence-corrected chi connectivity index (χ1v) is 25.7. The van der Waals surface area contributed by atoms with Crippen LogP contribution in [0.3, 0.4) is 0 Å². The second-order valence-electron chi connectivity index (χ2n) is 26.1. The predicted molar refractivity (Wildman–Crippen MR) is 296 cm³/mol. The summed E-state index contributed by atoms with van der Waals surface area (Å²) in [7, 11) is 0. The summed E-state index contributed by atoms with van der Waals surface area (Å²) < 4.78 is 7.20. The molecule has 0 fully saturated rings. The lowest BCUT2D eigenvalue weighted by Gasteiger charge is -2.46. The van der Waals surface area contributed by atoms with Crippen molar-refractivity contribution in [2.75, 3.05) is 9.71 Å². The van der Waals surface area contributed by atoms with Gasteiger partial charge in [0.05, 0.1) is 5.69 Å². The van der Waals surface area contributed by atoms with E-state index in [4.69, 9.17) is 4.42 Å². The van der Waals surface area contributed by atoms with Crippen LogP contribution < -0.4 is 20.6 Å². The summed E-state index contributed by atoms with van der Waals surface area (Å²) in [6, 6.07) is 47.8. The van der Waals surface area contributed by atoms with Crippen molar-refractivity contribution in [2.24, 2.45) is 0 Å². The van der Waals surface area contributed by atoms with Crippen molar-refractivity contribution in [3.63, 3.8) is 0 Å². The maximum atomic E-state index is 7.20. The van der Waals surface area contributed by atoms with Gasteiger partial charge in [0.1, 0.15) is 5.58 Å². The monoisotopic (exact) mass is 905 g/mol. The highest BCUT2D eigenvalue weighted by Crippen LogP contribution is 2.59. The number of fused-ring (bicyclic) bond motifs is 12. The minimum absolute atomic E-state index is 0.0199. The Morgan fingerprint density at radius 2 is 1.03 bits per heavy atom. The van der Waals surface area contributed by atoms with Crippen molar-refractivity contribution in [1.82, 2.24) is 0 Å². The van der Waals surface area contributed by atoms with Gasteiger partial charge in [-0.05, 0) is 167 Å². The van der Waals surface area contributed by atoms with Crippen LogP contribution in [0.2, 0.25) is 0 Å². The maximum absolute atomic E-state index is 7.20. The Hall–Kier alpha value is -6.00. The summed E-state index contributed by atoms with van der Waals surface area (Å²) in [6.45, 7) is 35.6. The van der Waals surface area contributed by atoms with E-state index in [1.807, 2.05) is 0 Å². The van der Waals surface area contributed by atoms with Crippen molar-refractivity contribution < 1.29 is 4.42 Å². The Labute approximate surface area is 412 Å². The highest BCUT2D eigenvalue weighted by molar-refractivity contribution is 6.94. The average Bonchev–Trinajstić information content (AvgIpc) is 3.77. The molecule has 12 rings (SSSR count). The lowest BCUT2D eigenvalue weighted by molar-refractivity contribution is 0.331. The molecule has 69 heavy (non-hydrogen) atoms. The van der Waals surface area contributed by atoms with E-state index in [0.29, 0.717) is 0 Å². The van der Waals surface area contributed by atoms with E-state index >= 15 is 0 Å². The van der Waals surface area contributed by atoms with Gasteiger partial charge in [-0.2, -0.15) is 0 Å². The molecule has 348 valence electrons. The highest BCUT2D eigenvalue weighted by atomic mass is 16.3. The van der Waals surface area contributed by atoms with E-state index < -0.39 is 0 Å². The molecule has 0 bridgehead atoms. The van der Waals surface area contributed by atoms with Crippen LogP contribution in [0.15, 0.2) is 126 Å². The predicted octanol–water partition coefficient (Wildman–Crippen LogP) is 16.8. The number of nitrogens with zero attached hydrogens (tertiary/aromatic N) is 2. The van der Waals surface area contributed by atoms with E-state index in [1.165, 1.54) is 102 Å². The van der Waals surface area contributed by atoms with Gasteiger partial charge in [0, 0.05) is 44.5 Å². The van der Waals surface area contributed by atoms with Crippen LogP contribution in [0.5, 0.6) is 0 Å².